The normalized spacial score (nSPS) is 26.9. The monoisotopic (exact) mass is 257 g/mol. The molecular weight excluding hydrogens is 238 g/mol. The van der Waals surface area contributed by atoms with Crippen LogP contribution in [0.5, 0.6) is 0 Å². The minimum absolute atomic E-state index is 0.327. The maximum atomic E-state index is 5.17. The minimum atomic E-state index is 0.327. The van der Waals surface area contributed by atoms with Crippen molar-refractivity contribution in [2.24, 2.45) is 0 Å². The molecule has 4 heteroatoms. The van der Waals surface area contributed by atoms with E-state index < -0.39 is 0 Å². The lowest BCUT2D eigenvalue weighted by molar-refractivity contribution is 0.136. The third kappa shape index (κ3) is 1.82. The Labute approximate surface area is 112 Å². The molecular formula is C15H19N3O. The number of likely N-dealkylation sites (tertiary alicyclic amines) is 1. The summed E-state index contributed by atoms with van der Waals surface area (Å²) >= 11 is 0. The van der Waals surface area contributed by atoms with Gasteiger partial charge in [-0.1, -0.05) is 0 Å². The summed E-state index contributed by atoms with van der Waals surface area (Å²) in [5.41, 5.74) is 4.45. The van der Waals surface area contributed by atoms with Gasteiger partial charge in [-0.05, 0) is 43.9 Å². The Morgan fingerprint density at radius 1 is 1.42 bits per heavy atom. The number of hydrogen-bond acceptors (Lipinski definition) is 3. The first-order valence-corrected chi connectivity index (χ1v) is 7.12. The fraction of sp³-hybridized carbons (Fsp3) is 0.533. The molecule has 2 aromatic heterocycles. The highest BCUT2D eigenvalue weighted by molar-refractivity contribution is 5.33. The molecule has 100 valence electrons. The Bertz CT molecular complexity index is 560. The summed E-state index contributed by atoms with van der Waals surface area (Å²) in [7, 11) is 0. The van der Waals surface area contributed by atoms with Gasteiger partial charge in [-0.25, -0.2) is 0 Å². The molecule has 19 heavy (non-hydrogen) atoms. The minimum Gasteiger partial charge on any atom is -0.472 e. The van der Waals surface area contributed by atoms with Gasteiger partial charge in [-0.2, -0.15) is 5.10 Å². The molecule has 3 heterocycles. The van der Waals surface area contributed by atoms with Gasteiger partial charge in [0.2, 0.25) is 0 Å². The number of H-pyrrole nitrogens is 1. The Morgan fingerprint density at radius 3 is 3.32 bits per heavy atom. The van der Waals surface area contributed by atoms with E-state index in [9.17, 15) is 0 Å². The number of piperidine rings is 1. The number of aryl methyl sites for hydroxylation is 1. The average Bonchev–Trinajstić information content (AvgIpc) is 3.11. The van der Waals surface area contributed by atoms with Gasteiger partial charge in [0.15, 0.2) is 0 Å². The first-order chi connectivity index (χ1) is 9.36. The lowest BCUT2D eigenvalue weighted by atomic mass is 9.77. The molecule has 4 nitrogen and oxygen atoms in total. The van der Waals surface area contributed by atoms with Crippen LogP contribution in [0.25, 0.3) is 0 Å². The topological polar surface area (TPSA) is 45.1 Å². The van der Waals surface area contributed by atoms with Gasteiger partial charge in [0.1, 0.15) is 0 Å². The maximum absolute atomic E-state index is 5.17. The molecule has 1 fully saturated rings. The molecule has 1 spiro atoms. The molecule has 1 aliphatic carbocycles. The van der Waals surface area contributed by atoms with Gasteiger partial charge in [0.05, 0.1) is 18.7 Å². The molecule has 2 aliphatic rings. The lowest BCUT2D eigenvalue weighted by Crippen LogP contribution is -2.44. The zero-order valence-corrected chi connectivity index (χ0v) is 11.1. The summed E-state index contributed by atoms with van der Waals surface area (Å²) in [6.07, 6.45) is 10.7. The molecule has 1 aliphatic heterocycles. The summed E-state index contributed by atoms with van der Waals surface area (Å²) in [6, 6.07) is 2.07. The van der Waals surface area contributed by atoms with E-state index in [2.05, 4.69) is 21.2 Å². The van der Waals surface area contributed by atoms with Crippen LogP contribution in [0.2, 0.25) is 0 Å². The summed E-state index contributed by atoms with van der Waals surface area (Å²) < 4.78 is 5.17. The van der Waals surface area contributed by atoms with E-state index in [1.165, 1.54) is 49.0 Å². The van der Waals surface area contributed by atoms with E-state index in [-0.39, 0.29) is 0 Å². The zero-order chi connectivity index (χ0) is 12.7. The summed E-state index contributed by atoms with van der Waals surface area (Å²) in [5.74, 6) is 0. The number of aromatic nitrogens is 2. The van der Waals surface area contributed by atoms with Crippen LogP contribution in [0.1, 0.15) is 36.1 Å². The SMILES string of the molecule is c1cc(CN2CCCC3(CCc4cn[nH]c43)C2)co1. The highest BCUT2D eigenvalue weighted by Crippen LogP contribution is 2.43. The second kappa shape index (κ2) is 4.23. The van der Waals surface area contributed by atoms with E-state index in [4.69, 9.17) is 4.42 Å². The van der Waals surface area contributed by atoms with Crippen LogP contribution in [0.15, 0.2) is 29.2 Å². The molecule has 0 bridgehead atoms. The molecule has 1 saturated heterocycles. The van der Waals surface area contributed by atoms with Crippen LogP contribution in [-0.4, -0.2) is 28.2 Å². The third-order valence-corrected chi connectivity index (χ3v) is 4.76. The Hall–Kier alpha value is -1.55. The number of hydrogen-bond donors (Lipinski definition) is 1. The summed E-state index contributed by atoms with van der Waals surface area (Å²) in [6.45, 7) is 3.34. The average molecular weight is 257 g/mol. The van der Waals surface area contributed by atoms with Crippen LogP contribution < -0.4 is 0 Å². The number of nitrogens with one attached hydrogen (secondary N) is 1. The van der Waals surface area contributed by atoms with Gasteiger partial charge < -0.3 is 4.42 Å². The predicted molar refractivity (Wildman–Crippen MR) is 71.8 cm³/mol. The Morgan fingerprint density at radius 2 is 2.42 bits per heavy atom. The van der Waals surface area contributed by atoms with Gasteiger partial charge >= 0.3 is 0 Å². The second-order valence-electron chi connectivity index (χ2n) is 6.00. The van der Waals surface area contributed by atoms with Crippen LogP contribution >= 0.6 is 0 Å². The summed E-state index contributed by atoms with van der Waals surface area (Å²) in [4.78, 5) is 2.56. The van der Waals surface area contributed by atoms with Gasteiger partial charge in [0, 0.05) is 29.8 Å². The van der Waals surface area contributed by atoms with E-state index in [0.29, 0.717) is 5.41 Å². The second-order valence-corrected chi connectivity index (χ2v) is 6.00. The van der Waals surface area contributed by atoms with Crippen molar-refractivity contribution in [2.75, 3.05) is 13.1 Å². The van der Waals surface area contributed by atoms with Crippen molar-refractivity contribution in [1.29, 1.82) is 0 Å². The fourth-order valence-corrected chi connectivity index (χ4v) is 3.87. The van der Waals surface area contributed by atoms with Gasteiger partial charge in [0.25, 0.3) is 0 Å². The number of nitrogens with zero attached hydrogens (tertiary/aromatic N) is 2. The number of rotatable bonds is 2. The molecule has 0 saturated carbocycles. The quantitative estimate of drug-likeness (QED) is 0.899. The van der Waals surface area contributed by atoms with Crippen molar-refractivity contribution >= 4 is 0 Å². The molecule has 0 radical (unpaired) electrons. The summed E-state index contributed by atoms with van der Waals surface area (Å²) in [5, 5.41) is 7.50. The molecule has 1 unspecified atom stereocenters. The van der Waals surface area contributed by atoms with Crippen LogP contribution in [0, 0.1) is 0 Å². The van der Waals surface area contributed by atoms with Crippen LogP contribution in [0.3, 0.4) is 0 Å². The number of furan rings is 1. The van der Waals surface area contributed by atoms with Crippen molar-refractivity contribution in [3.05, 3.63) is 41.6 Å². The van der Waals surface area contributed by atoms with Crippen molar-refractivity contribution in [3.63, 3.8) is 0 Å². The number of fused-ring (bicyclic) bond motifs is 2. The van der Waals surface area contributed by atoms with Crippen LogP contribution in [0.4, 0.5) is 0 Å². The lowest BCUT2D eigenvalue weighted by Gasteiger charge is -2.40. The fourth-order valence-electron chi connectivity index (χ4n) is 3.87. The van der Waals surface area contributed by atoms with Crippen molar-refractivity contribution < 1.29 is 4.42 Å². The van der Waals surface area contributed by atoms with Crippen molar-refractivity contribution in [3.8, 4) is 0 Å². The molecule has 0 amide bonds. The van der Waals surface area contributed by atoms with Crippen molar-refractivity contribution in [1.82, 2.24) is 15.1 Å². The zero-order valence-electron chi connectivity index (χ0n) is 11.1. The molecule has 2 aromatic rings. The highest BCUT2D eigenvalue weighted by Gasteiger charge is 2.43. The van der Waals surface area contributed by atoms with E-state index in [0.717, 1.165) is 13.1 Å². The molecule has 1 N–H and O–H groups in total. The van der Waals surface area contributed by atoms with Gasteiger partial charge in [-0.3, -0.25) is 10.00 Å². The predicted octanol–water partition coefficient (Wildman–Crippen LogP) is 2.48. The molecule has 4 rings (SSSR count). The third-order valence-electron chi connectivity index (χ3n) is 4.76. The van der Waals surface area contributed by atoms with E-state index >= 15 is 0 Å². The first kappa shape index (κ1) is 11.3. The van der Waals surface area contributed by atoms with E-state index in [1.807, 2.05) is 12.5 Å². The highest BCUT2D eigenvalue weighted by atomic mass is 16.3. The Kier molecular flexibility index (Phi) is 2.52. The number of aromatic amines is 1. The Balaban J connectivity index is 1.56. The molecule has 1 atom stereocenters. The maximum Gasteiger partial charge on any atom is 0.0947 e. The largest absolute Gasteiger partial charge is 0.472 e. The smallest absolute Gasteiger partial charge is 0.0947 e. The van der Waals surface area contributed by atoms with Gasteiger partial charge in [-0.15, -0.1) is 0 Å². The standard InChI is InChI=1S/C15H19N3O/c1-4-15(5-2-13-8-16-17-14(13)15)11-18(6-1)9-12-3-7-19-10-12/h3,7-8,10H,1-2,4-6,9,11H2,(H,16,17). The van der Waals surface area contributed by atoms with E-state index in [1.54, 1.807) is 6.26 Å². The van der Waals surface area contributed by atoms with Crippen LogP contribution in [-0.2, 0) is 18.4 Å². The molecule has 0 aromatic carbocycles. The van der Waals surface area contributed by atoms with Crippen molar-refractivity contribution in [2.45, 2.75) is 37.6 Å². The first-order valence-electron chi connectivity index (χ1n) is 7.12.